The topological polar surface area (TPSA) is 35.6 Å². The van der Waals surface area contributed by atoms with Crippen molar-refractivity contribution < 1.29 is 0 Å². The molecule has 3 aliphatic rings. The molecule has 4 nitrogen and oxygen atoms in total. The van der Waals surface area contributed by atoms with Gasteiger partial charge in [0.2, 0.25) is 0 Å². The van der Waals surface area contributed by atoms with Crippen molar-refractivity contribution in [2.45, 2.75) is 17.8 Å². The summed E-state index contributed by atoms with van der Waals surface area (Å²) in [6.45, 7) is 0. The van der Waals surface area contributed by atoms with E-state index in [9.17, 15) is 0 Å². The highest BCUT2D eigenvalue weighted by atomic mass is 15.0. The first-order valence-corrected chi connectivity index (χ1v) is 27.5. The predicted molar refractivity (Wildman–Crippen MR) is 326 cm³/mol. The maximum Gasteiger partial charge on any atom is 0.160 e. The fourth-order valence-corrected chi connectivity index (χ4v) is 14.1. The number of allylic oxidation sites excluding steroid dienone is 4. The molecular formula is C75H48N4. The summed E-state index contributed by atoms with van der Waals surface area (Å²) in [4.78, 5) is 10.3. The van der Waals surface area contributed by atoms with Crippen LogP contribution < -0.4 is 0 Å². The Bertz CT molecular complexity index is 4860. The number of para-hydroxylation sites is 4. The van der Waals surface area contributed by atoms with Crippen molar-refractivity contribution in [3.05, 3.63) is 306 Å². The second-order valence-electron chi connectivity index (χ2n) is 21.5. The summed E-state index contributed by atoms with van der Waals surface area (Å²) in [5.74, 6) is 0.865. The van der Waals surface area contributed by atoms with Crippen molar-refractivity contribution in [1.29, 1.82) is 0 Å². The third-order valence-corrected chi connectivity index (χ3v) is 17.5. The third-order valence-electron chi connectivity index (χ3n) is 17.5. The van der Waals surface area contributed by atoms with Gasteiger partial charge < -0.3 is 9.13 Å². The van der Waals surface area contributed by atoms with Crippen molar-refractivity contribution in [1.82, 2.24) is 19.1 Å². The molecule has 4 heteroatoms. The third kappa shape index (κ3) is 6.31. The lowest BCUT2D eigenvalue weighted by atomic mass is 9.65. The van der Waals surface area contributed by atoms with E-state index in [0.29, 0.717) is 5.82 Å². The quantitative estimate of drug-likeness (QED) is 0.166. The Morgan fingerprint density at radius 1 is 0.405 bits per heavy atom. The van der Waals surface area contributed by atoms with Gasteiger partial charge in [-0.05, 0) is 123 Å². The molecule has 11 aromatic carbocycles. The lowest BCUT2D eigenvalue weighted by molar-refractivity contribution is 0.748. The van der Waals surface area contributed by atoms with Crippen molar-refractivity contribution in [3.63, 3.8) is 0 Å². The van der Waals surface area contributed by atoms with Gasteiger partial charge in [0.1, 0.15) is 0 Å². The highest BCUT2D eigenvalue weighted by molar-refractivity contribution is 6.20. The molecule has 1 spiro atoms. The molecule has 2 atom stereocenters. The van der Waals surface area contributed by atoms with Crippen molar-refractivity contribution in [2.24, 2.45) is 0 Å². The average molecular weight is 1010 g/mol. The van der Waals surface area contributed by atoms with Crippen LogP contribution in [0.15, 0.2) is 273 Å². The Balaban J connectivity index is 0.778. The average Bonchev–Trinajstić information content (AvgIpc) is 3.16. The number of rotatable bonds is 6. The van der Waals surface area contributed by atoms with Gasteiger partial charge in [0, 0.05) is 55.2 Å². The number of nitrogens with zero attached hydrogens (tertiary/aromatic N) is 4. The molecule has 17 rings (SSSR count). The smallest absolute Gasteiger partial charge is 0.160 e. The van der Waals surface area contributed by atoms with E-state index in [1.54, 1.807) is 0 Å². The molecule has 0 fully saturated rings. The molecule has 1 aliphatic heterocycles. The van der Waals surface area contributed by atoms with Gasteiger partial charge in [-0.15, -0.1) is 0 Å². The molecule has 368 valence electrons. The number of hydrogen-bond acceptors (Lipinski definition) is 2. The zero-order chi connectivity index (χ0) is 51.8. The van der Waals surface area contributed by atoms with E-state index in [1.165, 1.54) is 110 Å². The second kappa shape index (κ2) is 16.9. The van der Waals surface area contributed by atoms with Crippen LogP contribution in [0.3, 0.4) is 0 Å². The van der Waals surface area contributed by atoms with Gasteiger partial charge in [-0.1, -0.05) is 212 Å². The van der Waals surface area contributed by atoms with Gasteiger partial charge in [-0.2, -0.15) is 0 Å². The van der Waals surface area contributed by atoms with Gasteiger partial charge in [0.25, 0.3) is 0 Å². The molecule has 3 aromatic heterocycles. The van der Waals surface area contributed by atoms with Gasteiger partial charge in [0.15, 0.2) is 5.82 Å². The lowest BCUT2D eigenvalue weighted by Gasteiger charge is -2.39. The monoisotopic (exact) mass is 1000 g/mol. The Morgan fingerprint density at radius 3 is 1.77 bits per heavy atom. The number of fused-ring (bicyclic) bond motifs is 17. The fourth-order valence-electron chi connectivity index (χ4n) is 14.1. The van der Waals surface area contributed by atoms with Crippen LogP contribution in [0.5, 0.6) is 0 Å². The summed E-state index contributed by atoms with van der Waals surface area (Å²) >= 11 is 0. The predicted octanol–water partition coefficient (Wildman–Crippen LogP) is 18.6. The van der Waals surface area contributed by atoms with E-state index in [1.807, 2.05) is 12.1 Å². The van der Waals surface area contributed by atoms with Crippen molar-refractivity contribution >= 4 is 60.0 Å². The van der Waals surface area contributed by atoms with Gasteiger partial charge in [-0.3, -0.25) is 0 Å². The first kappa shape index (κ1) is 44.0. The Morgan fingerprint density at radius 2 is 1.01 bits per heavy atom. The normalized spacial score (nSPS) is 16.0. The van der Waals surface area contributed by atoms with Crippen LogP contribution in [0.25, 0.3) is 116 Å². The number of benzene rings is 11. The van der Waals surface area contributed by atoms with E-state index in [0.717, 1.165) is 40.2 Å². The minimum absolute atomic E-state index is 0.167. The van der Waals surface area contributed by atoms with E-state index in [-0.39, 0.29) is 5.92 Å². The Labute approximate surface area is 457 Å². The van der Waals surface area contributed by atoms with Crippen molar-refractivity contribution in [2.75, 3.05) is 0 Å². The SMILES string of the molecule is C1=CC(c2cc3ccccc3c3c2c2ccccc2n3-c2ccc(-c3nc(-c4ccccc4)cc(-c4ccccc4)n3)cc2)CC=C1c1ccc2c(c1)C1(c3ccccc3-2)c2ccccc2-n2c3ccccc3c3cccc1c32. The zero-order valence-electron chi connectivity index (χ0n) is 43.1. The zero-order valence-corrected chi connectivity index (χ0v) is 43.1. The summed E-state index contributed by atoms with van der Waals surface area (Å²) < 4.78 is 5.00. The molecule has 0 saturated carbocycles. The minimum atomic E-state index is -0.498. The number of hydrogen-bond donors (Lipinski definition) is 0. The summed E-state index contributed by atoms with van der Waals surface area (Å²) in [7, 11) is 0. The maximum absolute atomic E-state index is 5.16. The molecule has 4 heterocycles. The van der Waals surface area contributed by atoms with Crippen molar-refractivity contribution in [3.8, 4) is 56.4 Å². The van der Waals surface area contributed by atoms with E-state index in [4.69, 9.17) is 9.97 Å². The molecule has 2 aliphatic carbocycles. The molecule has 14 aromatic rings. The molecule has 0 N–H and O–H groups in total. The largest absolute Gasteiger partial charge is 0.309 e. The van der Waals surface area contributed by atoms with Crippen LogP contribution >= 0.6 is 0 Å². The summed E-state index contributed by atoms with van der Waals surface area (Å²) in [6, 6.07) is 93.5. The maximum atomic E-state index is 5.16. The van der Waals surface area contributed by atoms with E-state index in [2.05, 4.69) is 270 Å². The summed E-state index contributed by atoms with van der Waals surface area (Å²) in [5, 5.41) is 7.61. The second-order valence-corrected chi connectivity index (χ2v) is 21.5. The highest BCUT2D eigenvalue weighted by Gasteiger charge is 2.51. The number of aromatic nitrogens is 4. The minimum Gasteiger partial charge on any atom is -0.309 e. The van der Waals surface area contributed by atoms with Crippen LogP contribution in [0.2, 0.25) is 0 Å². The van der Waals surface area contributed by atoms with Gasteiger partial charge in [0.05, 0.1) is 44.6 Å². The van der Waals surface area contributed by atoms with Crippen LogP contribution in [-0.2, 0) is 5.41 Å². The highest BCUT2D eigenvalue weighted by Crippen LogP contribution is 2.61. The van der Waals surface area contributed by atoms with Crippen LogP contribution in [0.4, 0.5) is 0 Å². The molecule has 0 radical (unpaired) electrons. The summed E-state index contributed by atoms with van der Waals surface area (Å²) in [6.07, 6.45) is 8.24. The van der Waals surface area contributed by atoms with Gasteiger partial charge in [-0.25, -0.2) is 9.97 Å². The molecular weight excluding hydrogens is 957 g/mol. The van der Waals surface area contributed by atoms with E-state index < -0.39 is 5.41 Å². The molecule has 0 saturated heterocycles. The molecule has 2 unspecified atom stereocenters. The van der Waals surface area contributed by atoms with E-state index >= 15 is 0 Å². The molecule has 79 heavy (non-hydrogen) atoms. The van der Waals surface area contributed by atoms with Crippen LogP contribution in [-0.4, -0.2) is 19.1 Å². The lowest BCUT2D eigenvalue weighted by Crippen LogP contribution is -2.33. The first-order chi connectivity index (χ1) is 39.2. The Kier molecular flexibility index (Phi) is 9.43. The van der Waals surface area contributed by atoms with Crippen LogP contribution in [0, 0.1) is 0 Å². The Hall–Kier alpha value is -10.2. The standard InChI is InChI=1S/C75H48N4/c1-3-18-49(19-4-1)66-46-67(50-20-5-2-6-21-50)77-74(76-66)51-38-41-54(42-39-51)78-69-32-15-11-26-60(69)71-61(44-53-22-7-8-23-55(53)73(71)78)48-36-34-47(35-37-48)52-40-43-57-56-24-9-12-28-62(56)75(65(57)45-52)63-29-13-16-33-70(63)79-68-31-14-10-25-58(68)59-27-17-30-64(75)72(59)79/h1-36,38-46,48H,37H2. The fraction of sp³-hybridized carbons (Fsp3) is 0.0400. The summed E-state index contributed by atoms with van der Waals surface area (Å²) in [5.41, 5.74) is 23.5. The first-order valence-electron chi connectivity index (χ1n) is 27.5. The molecule has 0 amide bonds. The van der Waals surface area contributed by atoms with Crippen LogP contribution in [0.1, 0.15) is 45.7 Å². The van der Waals surface area contributed by atoms with Gasteiger partial charge >= 0.3 is 0 Å². The molecule has 0 bridgehead atoms.